The molecule has 0 saturated carbocycles. The highest BCUT2D eigenvalue weighted by Gasteiger charge is 2.19. The molecule has 0 aliphatic rings. The average molecular weight is 383 g/mol. The molecule has 3 aromatic rings. The summed E-state index contributed by atoms with van der Waals surface area (Å²) in [7, 11) is 0. The van der Waals surface area contributed by atoms with Crippen molar-refractivity contribution in [3.8, 4) is 0 Å². The van der Waals surface area contributed by atoms with E-state index in [4.69, 9.17) is 10.5 Å². The van der Waals surface area contributed by atoms with Crippen LogP contribution in [0.1, 0.15) is 34.6 Å². The molecule has 27 heavy (non-hydrogen) atoms. The second kappa shape index (κ2) is 7.55. The number of aromatic nitrogens is 1. The predicted octanol–water partition coefficient (Wildman–Crippen LogP) is 3.27. The van der Waals surface area contributed by atoms with Crippen LogP contribution in [-0.4, -0.2) is 28.7 Å². The number of nitrogen functional groups attached to an aromatic ring is 1. The fourth-order valence-electron chi connectivity index (χ4n) is 2.38. The quantitative estimate of drug-likeness (QED) is 0.517. The molecule has 1 heterocycles. The maximum Gasteiger partial charge on any atom is 0.338 e. The third-order valence-corrected chi connectivity index (χ3v) is 4.70. The number of ketones is 1. The van der Waals surface area contributed by atoms with Crippen molar-refractivity contribution in [1.29, 1.82) is 0 Å². The average Bonchev–Trinajstić information content (AvgIpc) is 3.01. The van der Waals surface area contributed by atoms with Crippen LogP contribution in [0.4, 0.5) is 10.8 Å². The summed E-state index contributed by atoms with van der Waals surface area (Å²) in [6.07, 6.45) is -0.993. The van der Waals surface area contributed by atoms with Gasteiger partial charge in [0.2, 0.25) is 0 Å². The molecule has 0 aliphatic carbocycles. The first-order valence-corrected chi connectivity index (χ1v) is 8.94. The van der Waals surface area contributed by atoms with Crippen molar-refractivity contribution in [2.24, 2.45) is 0 Å². The van der Waals surface area contributed by atoms with Gasteiger partial charge >= 0.3 is 5.97 Å². The van der Waals surface area contributed by atoms with Gasteiger partial charge in [-0.15, -0.1) is 0 Å². The number of nitrogens with zero attached hydrogens (tertiary/aromatic N) is 1. The number of fused-ring (bicyclic) bond motifs is 1. The summed E-state index contributed by atoms with van der Waals surface area (Å²) < 4.78 is 6.00. The number of carbonyl (C=O) groups excluding carboxylic acids is 3. The lowest BCUT2D eigenvalue weighted by Crippen LogP contribution is -2.30. The lowest BCUT2D eigenvalue weighted by molar-refractivity contribution is -0.123. The Hall–Kier alpha value is -3.26. The first-order valence-electron chi connectivity index (χ1n) is 8.12. The molecule has 1 atom stereocenters. The van der Waals surface area contributed by atoms with Crippen molar-refractivity contribution in [3.05, 3.63) is 53.6 Å². The summed E-state index contributed by atoms with van der Waals surface area (Å²) in [5.74, 6) is -1.14. The molecule has 0 saturated heterocycles. The Bertz CT molecular complexity index is 1030. The van der Waals surface area contributed by atoms with Crippen LogP contribution >= 0.6 is 11.3 Å². The maximum absolute atomic E-state index is 12.3. The number of esters is 1. The van der Waals surface area contributed by atoms with Gasteiger partial charge in [-0.1, -0.05) is 11.3 Å². The maximum atomic E-state index is 12.3. The van der Waals surface area contributed by atoms with E-state index >= 15 is 0 Å². The zero-order chi connectivity index (χ0) is 19.6. The van der Waals surface area contributed by atoms with E-state index in [0.717, 1.165) is 4.70 Å². The molecule has 3 N–H and O–H groups in total. The minimum absolute atomic E-state index is 0.0603. The molecule has 0 aliphatic heterocycles. The molecular weight excluding hydrogens is 366 g/mol. The molecule has 1 amide bonds. The van der Waals surface area contributed by atoms with Gasteiger partial charge < -0.3 is 15.8 Å². The molecule has 138 valence electrons. The molecule has 1 aromatic heterocycles. The van der Waals surface area contributed by atoms with Crippen molar-refractivity contribution < 1.29 is 19.1 Å². The normalized spacial score (nSPS) is 11.8. The third-order valence-electron chi connectivity index (χ3n) is 3.85. The predicted molar refractivity (Wildman–Crippen MR) is 104 cm³/mol. The van der Waals surface area contributed by atoms with Crippen molar-refractivity contribution in [2.45, 2.75) is 20.0 Å². The van der Waals surface area contributed by atoms with Crippen molar-refractivity contribution in [2.75, 3.05) is 11.1 Å². The van der Waals surface area contributed by atoms with Gasteiger partial charge in [-0.2, -0.15) is 0 Å². The van der Waals surface area contributed by atoms with E-state index in [2.05, 4.69) is 10.3 Å². The summed E-state index contributed by atoms with van der Waals surface area (Å²) in [5, 5.41) is 3.06. The minimum atomic E-state index is -0.993. The Balaban J connectivity index is 1.64. The minimum Gasteiger partial charge on any atom is -0.449 e. The number of ether oxygens (including phenoxy) is 1. The van der Waals surface area contributed by atoms with Gasteiger partial charge in [-0.05, 0) is 56.3 Å². The summed E-state index contributed by atoms with van der Waals surface area (Å²) in [6, 6.07) is 11.4. The number of hydrogen-bond acceptors (Lipinski definition) is 7. The number of carbonyl (C=O) groups is 3. The summed E-state index contributed by atoms with van der Waals surface area (Å²) >= 11 is 1.27. The molecule has 1 unspecified atom stereocenters. The standard InChI is InChI=1S/C19H17N3O4S/c1-10(23)12-3-6-14(7-4-12)21-17(24)11(2)26-18(25)13-5-8-15-16(9-13)27-19(20)22-15/h3-9,11H,1-2H3,(H2,20,22)(H,21,24). The first kappa shape index (κ1) is 18.5. The number of thiazole rings is 1. The smallest absolute Gasteiger partial charge is 0.338 e. The van der Waals surface area contributed by atoms with Gasteiger partial charge in [0, 0.05) is 11.3 Å². The van der Waals surface area contributed by atoms with E-state index < -0.39 is 18.0 Å². The van der Waals surface area contributed by atoms with Gasteiger partial charge in [0.15, 0.2) is 17.0 Å². The Morgan fingerprint density at radius 3 is 2.44 bits per heavy atom. The molecule has 2 aromatic carbocycles. The van der Waals surface area contributed by atoms with Crippen LogP contribution < -0.4 is 11.1 Å². The number of anilines is 2. The van der Waals surface area contributed by atoms with E-state index in [-0.39, 0.29) is 5.78 Å². The lowest BCUT2D eigenvalue weighted by Gasteiger charge is -2.13. The van der Waals surface area contributed by atoms with E-state index in [1.165, 1.54) is 25.2 Å². The second-order valence-electron chi connectivity index (χ2n) is 5.90. The van der Waals surface area contributed by atoms with E-state index in [0.29, 0.717) is 27.5 Å². The molecule has 0 radical (unpaired) electrons. The zero-order valence-corrected chi connectivity index (χ0v) is 15.5. The van der Waals surface area contributed by atoms with Crippen LogP contribution in [0, 0.1) is 0 Å². The van der Waals surface area contributed by atoms with Crippen molar-refractivity contribution >= 4 is 50.0 Å². The lowest BCUT2D eigenvalue weighted by atomic mass is 10.1. The SMILES string of the molecule is CC(=O)c1ccc(NC(=O)C(C)OC(=O)c2ccc3nc(N)sc3c2)cc1. The number of hydrogen-bond donors (Lipinski definition) is 2. The number of rotatable bonds is 5. The summed E-state index contributed by atoms with van der Waals surface area (Å²) in [5.41, 5.74) is 7.73. The molecule has 3 rings (SSSR count). The van der Waals surface area contributed by atoms with Crippen molar-refractivity contribution in [1.82, 2.24) is 4.98 Å². The van der Waals surface area contributed by atoms with Crippen LogP contribution in [0.5, 0.6) is 0 Å². The summed E-state index contributed by atoms with van der Waals surface area (Å²) in [6.45, 7) is 2.95. The van der Waals surface area contributed by atoms with Crippen LogP contribution in [0.25, 0.3) is 10.2 Å². The van der Waals surface area contributed by atoms with Gasteiger partial charge in [0.25, 0.3) is 5.91 Å². The molecule has 0 fully saturated rings. The number of nitrogens with two attached hydrogens (primary N) is 1. The van der Waals surface area contributed by atoms with Crippen LogP contribution in [0.15, 0.2) is 42.5 Å². The van der Waals surface area contributed by atoms with Gasteiger partial charge in [0.1, 0.15) is 0 Å². The van der Waals surface area contributed by atoms with E-state index in [1.54, 1.807) is 42.5 Å². The fourth-order valence-corrected chi connectivity index (χ4v) is 3.16. The van der Waals surface area contributed by atoms with Gasteiger partial charge in [-0.25, -0.2) is 9.78 Å². The Labute approximate surface area is 159 Å². The zero-order valence-electron chi connectivity index (χ0n) is 14.7. The Morgan fingerprint density at radius 1 is 1.11 bits per heavy atom. The highest BCUT2D eigenvalue weighted by molar-refractivity contribution is 7.22. The molecular formula is C19H17N3O4S. The Kier molecular flexibility index (Phi) is 5.18. The summed E-state index contributed by atoms with van der Waals surface area (Å²) in [4.78, 5) is 39.9. The molecule has 8 heteroatoms. The first-order chi connectivity index (χ1) is 12.8. The van der Waals surface area contributed by atoms with Crippen molar-refractivity contribution in [3.63, 3.8) is 0 Å². The number of nitrogens with one attached hydrogen (secondary N) is 1. The largest absolute Gasteiger partial charge is 0.449 e. The molecule has 7 nitrogen and oxygen atoms in total. The topological polar surface area (TPSA) is 111 Å². The highest BCUT2D eigenvalue weighted by Crippen LogP contribution is 2.25. The molecule has 0 bridgehead atoms. The van der Waals surface area contributed by atoms with Gasteiger partial charge in [-0.3, -0.25) is 9.59 Å². The second-order valence-corrected chi connectivity index (χ2v) is 6.97. The molecule has 0 spiro atoms. The number of Topliss-reactive ketones (excluding diaryl/α,β-unsaturated/α-hetero) is 1. The van der Waals surface area contributed by atoms with E-state index in [1.807, 2.05) is 0 Å². The highest BCUT2D eigenvalue weighted by atomic mass is 32.1. The number of benzene rings is 2. The van der Waals surface area contributed by atoms with Gasteiger partial charge in [0.05, 0.1) is 15.8 Å². The monoisotopic (exact) mass is 383 g/mol. The third kappa shape index (κ3) is 4.29. The van der Waals surface area contributed by atoms with Crippen LogP contribution in [-0.2, 0) is 9.53 Å². The Morgan fingerprint density at radius 2 is 1.78 bits per heavy atom. The van der Waals surface area contributed by atoms with Crippen LogP contribution in [0.2, 0.25) is 0 Å². The van der Waals surface area contributed by atoms with E-state index in [9.17, 15) is 14.4 Å². The fraction of sp³-hybridized carbons (Fsp3) is 0.158. The number of amides is 1. The van der Waals surface area contributed by atoms with Crippen LogP contribution in [0.3, 0.4) is 0 Å².